The van der Waals surface area contributed by atoms with Gasteiger partial charge >= 0.3 is 0 Å². The van der Waals surface area contributed by atoms with Crippen molar-refractivity contribution in [1.29, 1.82) is 0 Å². The highest BCUT2D eigenvalue weighted by Gasteiger charge is 2.27. The zero-order chi connectivity index (χ0) is 21.6. The maximum atomic E-state index is 12.9. The molecular weight excluding hydrogens is 398 g/mol. The van der Waals surface area contributed by atoms with Gasteiger partial charge in [-0.1, -0.05) is 0 Å². The second-order valence-corrected chi connectivity index (χ2v) is 9.10. The summed E-state index contributed by atoms with van der Waals surface area (Å²) in [7, 11) is -2.59. The Kier molecular flexibility index (Phi) is 7.86. The summed E-state index contributed by atoms with van der Waals surface area (Å²) in [5.41, 5.74) is 0. The number of carbonyl (C=O) groups excluding carboxylic acids is 2. The molecule has 0 saturated carbocycles. The fraction of sp³-hybridized carbons (Fsp3) is 0.579. The van der Waals surface area contributed by atoms with Crippen molar-refractivity contribution in [2.24, 2.45) is 0 Å². The monoisotopic (exact) mass is 427 g/mol. The normalized spacial score (nSPS) is 13.9. The van der Waals surface area contributed by atoms with E-state index in [1.807, 2.05) is 13.8 Å². The van der Waals surface area contributed by atoms with Gasteiger partial charge in [-0.05, 0) is 32.9 Å². The summed E-state index contributed by atoms with van der Waals surface area (Å²) < 4.78 is 37.8. The minimum atomic E-state index is -3.92. The van der Waals surface area contributed by atoms with Crippen LogP contribution in [0.2, 0.25) is 0 Å². The van der Waals surface area contributed by atoms with Crippen LogP contribution in [0.3, 0.4) is 0 Å². The lowest BCUT2D eigenvalue weighted by Crippen LogP contribution is -2.46. The van der Waals surface area contributed by atoms with Crippen molar-refractivity contribution in [3.63, 3.8) is 0 Å². The average Bonchev–Trinajstić information content (AvgIpc) is 2.89. The third kappa shape index (κ3) is 6.07. The topological polar surface area (TPSA) is 105 Å². The molecule has 1 heterocycles. The van der Waals surface area contributed by atoms with E-state index < -0.39 is 15.9 Å². The van der Waals surface area contributed by atoms with Crippen molar-refractivity contribution < 1.29 is 27.5 Å². The number of nitrogens with one attached hydrogen (secondary N) is 1. The van der Waals surface area contributed by atoms with Crippen LogP contribution in [0.4, 0.5) is 0 Å². The van der Waals surface area contributed by atoms with Crippen LogP contribution < -0.4 is 14.8 Å². The molecule has 0 fully saturated rings. The Morgan fingerprint density at radius 1 is 1.14 bits per heavy atom. The van der Waals surface area contributed by atoms with E-state index in [1.54, 1.807) is 13.0 Å². The predicted octanol–water partition coefficient (Wildman–Crippen LogP) is 0.842. The van der Waals surface area contributed by atoms with Crippen LogP contribution in [-0.2, 0) is 19.6 Å². The van der Waals surface area contributed by atoms with Crippen molar-refractivity contribution >= 4 is 21.8 Å². The number of amides is 2. The van der Waals surface area contributed by atoms with E-state index in [1.165, 1.54) is 24.1 Å². The number of hydrogen-bond acceptors (Lipinski definition) is 6. The number of likely N-dealkylation sites (N-methyl/N-ethyl adjacent to an activating group) is 2. The molecule has 2 rings (SSSR count). The standard InChI is InChI=1S/C19H29N3O6S/c1-5-22(12-18(23)20-14(2)3)19(24)13-21(4)29(25,26)15-7-8-16-17(11-15)28-10-6-9-27-16/h7-8,11,14H,5-6,9-10,12-13H2,1-4H3,(H,20,23). The first-order chi connectivity index (χ1) is 13.6. The lowest BCUT2D eigenvalue weighted by atomic mass is 10.3. The highest BCUT2D eigenvalue weighted by molar-refractivity contribution is 7.89. The molecule has 1 aromatic carbocycles. The van der Waals surface area contributed by atoms with Crippen LogP contribution in [0.1, 0.15) is 27.2 Å². The smallest absolute Gasteiger partial charge is 0.243 e. The van der Waals surface area contributed by atoms with Crippen LogP contribution in [0.5, 0.6) is 11.5 Å². The molecule has 9 nitrogen and oxygen atoms in total. The van der Waals surface area contributed by atoms with Crippen LogP contribution in [0.15, 0.2) is 23.1 Å². The number of fused-ring (bicyclic) bond motifs is 1. The first-order valence-corrected chi connectivity index (χ1v) is 11.0. The SMILES string of the molecule is CCN(CC(=O)NC(C)C)C(=O)CN(C)S(=O)(=O)c1ccc2c(c1)OCCCO2. The van der Waals surface area contributed by atoms with E-state index in [0.29, 0.717) is 37.7 Å². The molecule has 2 amide bonds. The zero-order valence-electron chi connectivity index (χ0n) is 17.3. The number of sulfonamides is 1. The molecule has 0 unspecified atom stereocenters. The van der Waals surface area contributed by atoms with Crippen LogP contribution in [0, 0.1) is 0 Å². The Labute approximate surface area is 172 Å². The van der Waals surface area contributed by atoms with Gasteiger partial charge < -0.3 is 19.7 Å². The molecule has 29 heavy (non-hydrogen) atoms. The summed E-state index contributed by atoms with van der Waals surface area (Å²) in [5, 5.41) is 2.72. The molecule has 1 N–H and O–H groups in total. The molecule has 0 aliphatic carbocycles. The molecule has 1 aromatic rings. The summed E-state index contributed by atoms with van der Waals surface area (Å²) in [5.74, 6) is 0.118. The van der Waals surface area contributed by atoms with Crippen LogP contribution >= 0.6 is 0 Å². The van der Waals surface area contributed by atoms with Gasteiger partial charge in [0.25, 0.3) is 0 Å². The van der Waals surface area contributed by atoms with Crippen molar-refractivity contribution in [2.75, 3.05) is 39.9 Å². The van der Waals surface area contributed by atoms with Gasteiger partial charge in [0.2, 0.25) is 21.8 Å². The van der Waals surface area contributed by atoms with Crippen molar-refractivity contribution in [3.05, 3.63) is 18.2 Å². The van der Waals surface area contributed by atoms with Gasteiger partial charge in [0.15, 0.2) is 11.5 Å². The van der Waals surface area contributed by atoms with Gasteiger partial charge in [-0.15, -0.1) is 0 Å². The highest BCUT2D eigenvalue weighted by Crippen LogP contribution is 2.32. The molecule has 0 spiro atoms. The number of rotatable bonds is 8. The van der Waals surface area contributed by atoms with E-state index in [9.17, 15) is 18.0 Å². The highest BCUT2D eigenvalue weighted by atomic mass is 32.2. The number of hydrogen-bond donors (Lipinski definition) is 1. The molecule has 0 radical (unpaired) electrons. The van der Waals surface area contributed by atoms with Gasteiger partial charge in [-0.3, -0.25) is 9.59 Å². The van der Waals surface area contributed by atoms with Crippen LogP contribution in [-0.4, -0.2) is 75.4 Å². The maximum absolute atomic E-state index is 12.9. The van der Waals surface area contributed by atoms with E-state index in [-0.39, 0.29) is 29.9 Å². The Morgan fingerprint density at radius 3 is 2.41 bits per heavy atom. The summed E-state index contributed by atoms with van der Waals surface area (Å²) in [6, 6.07) is 4.35. The van der Waals surface area contributed by atoms with Gasteiger partial charge in [0.05, 0.1) is 31.2 Å². The Morgan fingerprint density at radius 2 is 1.79 bits per heavy atom. The molecule has 1 aliphatic rings. The molecule has 10 heteroatoms. The Bertz CT molecular complexity index is 840. The molecule has 0 saturated heterocycles. The fourth-order valence-electron chi connectivity index (χ4n) is 2.78. The van der Waals surface area contributed by atoms with Gasteiger partial charge in [0.1, 0.15) is 0 Å². The quantitative estimate of drug-likeness (QED) is 0.659. The summed E-state index contributed by atoms with van der Waals surface area (Å²) in [6.07, 6.45) is 0.711. The molecule has 0 atom stereocenters. The van der Waals surface area contributed by atoms with Crippen molar-refractivity contribution in [2.45, 2.75) is 38.1 Å². The molecule has 0 aromatic heterocycles. The lowest BCUT2D eigenvalue weighted by Gasteiger charge is -2.24. The van der Waals surface area contributed by atoms with E-state index in [0.717, 1.165) is 4.31 Å². The zero-order valence-corrected chi connectivity index (χ0v) is 18.1. The largest absolute Gasteiger partial charge is 0.490 e. The third-order valence-corrected chi connectivity index (χ3v) is 6.10. The molecule has 1 aliphatic heterocycles. The number of carbonyl (C=O) groups is 2. The minimum Gasteiger partial charge on any atom is -0.490 e. The molecular formula is C19H29N3O6S. The third-order valence-electron chi connectivity index (χ3n) is 4.30. The number of nitrogens with zero attached hydrogens (tertiary/aromatic N) is 2. The van der Waals surface area contributed by atoms with Gasteiger partial charge in [-0.25, -0.2) is 8.42 Å². The summed E-state index contributed by atoms with van der Waals surface area (Å²) in [6.45, 7) is 6.13. The maximum Gasteiger partial charge on any atom is 0.243 e. The van der Waals surface area contributed by atoms with E-state index in [2.05, 4.69) is 5.32 Å². The molecule has 0 bridgehead atoms. The van der Waals surface area contributed by atoms with Crippen molar-refractivity contribution in [1.82, 2.24) is 14.5 Å². The number of benzene rings is 1. The van der Waals surface area contributed by atoms with Crippen LogP contribution in [0.25, 0.3) is 0 Å². The first-order valence-electron chi connectivity index (χ1n) is 9.58. The second-order valence-electron chi connectivity index (χ2n) is 7.05. The average molecular weight is 428 g/mol. The van der Waals surface area contributed by atoms with Crippen molar-refractivity contribution in [3.8, 4) is 11.5 Å². The lowest BCUT2D eigenvalue weighted by molar-refractivity contribution is -0.136. The second kappa shape index (κ2) is 9.93. The Balaban J connectivity index is 2.09. The minimum absolute atomic E-state index is 0.0117. The number of ether oxygens (including phenoxy) is 2. The Hall–Kier alpha value is -2.33. The summed E-state index contributed by atoms with van der Waals surface area (Å²) >= 11 is 0. The fourth-order valence-corrected chi connectivity index (χ4v) is 3.91. The molecule has 162 valence electrons. The van der Waals surface area contributed by atoms with E-state index in [4.69, 9.17) is 9.47 Å². The first kappa shape index (κ1) is 23.0. The summed E-state index contributed by atoms with van der Waals surface area (Å²) in [4.78, 5) is 25.8. The van der Waals surface area contributed by atoms with E-state index >= 15 is 0 Å². The van der Waals surface area contributed by atoms with Gasteiger partial charge in [-0.2, -0.15) is 4.31 Å². The van der Waals surface area contributed by atoms with Gasteiger partial charge in [0, 0.05) is 32.1 Å². The predicted molar refractivity (Wildman–Crippen MR) is 107 cm³/mol.